The highest BCUT2D eigenvalue weighted by Gasteiger charge is 2.62. The highest BCUT2D eigenvalue weighted by atomic mass is 19.3. The van der Waals surface area contributed by atoms with Crippen LogP contribution in [0, 0.1) is 34.5 Å². The highest BCUT2D eigenvalue weighted by Crippen LogP contribution is 2.67. The van der Waals surface area contributed by atoms with E-state index in [-0.39, 0.29) is 41.7 Å². The van der Waals surface area contributed by atoms with E-state index < -0.39 is 5.92 Å². The van der Waals surface area contributed by atoms with Crippen molar-refractivity contribution in [2.45, 2.75) is 90.6 Å². The van der Waals surface area contributed by atoms with E-state index in [1.807, 2.05) is 0 Å². The largest absolute Gasteiger partial charge is 0.462 e. The normalized spacial score (nSPS) is 51.2. The number of carbonyl (C=O) groups is 1. The SMILES string of the molecule is CC(=O)O[C@@H]1CC[C@@H]2[C@@H]3CC[C@H]4CC(F)(F)CC[C@]4(C)[C@@H]3CC[C@]21C. The molecule has 0 radical (unpaired) electrons. The number of halogens is 2. The standard InChI is InChI=1S/C21H32F2O2/c1-13(24)25-18-7-6-16-15-5-4-14-12-21(22,23)11-10-19(14,2)17(15)8-9-20(16,18)3/h14-18H,4-12H2,1-3H3/t14-,15-,16+,17+,18+,19-,20+/m0/s1. The van der Waals surface area contributed by atoms with Crippen LogP contribution in [-0.2, 0) is 9.53 Å². The van der Waals surface area contributed by atoms with Gasteiger partial charge in [-0.15, -0.1) is 0 Å². The molecule has 0 N–H and O–H groups in total. The van der Waals surface area contributed by atoms with Gasteiger partial charge in [0, 0.05) is 25.2 Å². The van der Waals surface area contributed by atoms with Crippen LogP contribution >= 0.6 is 0 Å². The van der Waals surface area contributed by atoms with Gasteiger partial charge in [0.1, 0.15) is 6.10 Å². The van der Waals surface area contributed by atoms with Gasteiger partial charge in [-0.25, -0.2) is 8.78 Å². The van der Waals surface area contributed by atoms with Gasteiger partial charge in [0.25, 0.3) is 0 Å². The Morgan fingerprint density at radius 1 is 0.920 bits per heavy atom. The molecule has 0 aromatic heterocycles. The molecule has 0 saturated heterocycles. The number of hydrogen-bond acceptors (Lipinski definition) is 2. The number of fused-ring (bicyclic) bond motifs is 5. The quantitative estimate of drug-likeness (QED) is 0.573. The van der Waals surface area contributed by atoms with Crippen LogP contribution in [0.25, 0.3) is 0 Å². The fraction of sp³-hybridized carbons (Fsp3) is 0.952. The summed E-state index contributed by atoms with van der Waals surface area (Å²) >= 11 is 0. The maximum absolute atomic E-state index is 14.0. The summed E-state index contributed by atoms with van der Waals surface area (Å²) in [5.74, 6) is -0.625. The van der Waals surface area contributed by atoms with Crippen molar-refractivity contribution in [3.63, 3.8) is 0 Å². The Morgan fingerprint density at radius 2 is 1.64 bits per heavy atom. The first-order chi connectivity index (χ1) is 11.7. The fourth-order valence-electron chi connectivity index (χ4n) is 7.52. The second-order valence-corrected chi connectivity index (χ2v) is 9.94. The van der Waals surface area contributed by atoms with E-state index in [9.17, 15) is 13.6 Å². The summed E-state index contributed by atoms with van der Waals surface area (Å²) in [6, 6.07) is 0. The smallest absolute Gasteiger partial charge is 0.302 e. The van der Waals surface area contributed by atoms with Crippen LogP contribution in [0.15, 0.2) is 0 Å². The summed E-state index contributed by atoms with van der Waals surface area (Å²) < 4.78 is 33.6. The van der Waals surface area contributed by atoms with Crippen molar-refractivity contribution >= 4 is 5.97 Å². The Bertz CT molecular complexity index is 562. The molecule has 25 heavy (non-hydrogen) atoms. The first-order valence-corrected chi connectivity index (χ1v) is 10.2. The molecule has 0 spiro atoms. The van der Waals surface area contributed by atoms with Gasteiger partial charge in [-0.1, -0.05) is 13.8 Å². The minimum Gasteiger partial charge on any atom is -0.462 e. The maximum Gasteiger partial charge on any atom is 0.302 e. The highest BCUT2D eigenvalue weighted by molar-refractivity contribution is 5.66. The zero-order valence-electron chi connectivity index (χ0n) is 15.8. The molecule has 4 heteroatoms. The monoisotopic (exact) mass is 354 g/mol. The van der Waals surface area contributed by atoms with Crippen molar-refractivity contribution in [3.05, 3.63) is 0 Å². The molecule has 0 heterocycles. The molecule has 0 amide bonds. The molecule has 0 unspecified atom stereocenters. The lowest BCUT2D eigenvalue weighted by Crippen LogP contribution is -2.55. The van der Waals surface area contributed by atoms with Crippen LogP contribution in [0.1, 0.15) is 78.6 Å². The average Bonchev–Trinajstić information content (AvgIpc) is 2.84. The molecular weight excluding hydrogens is 322 g/mol. The maximum atomic E-state index is 14.0. The first-order valence-electron chi connectivity index (χ1n) is 10.2. The van der Waals surface area contributed by atoms with Gasteiger partial charge in [0.2, 0.25) is 5.92 Å². The molecule has 4 rings (SSSR count). The van der Waals surface area contributed by atoms with Crippen LogP contribution in [0.3, 0.4) is 0 Å². The lowest BCUT2D eigenvalue weighted by molar-refractivity contribution is -0.174. The predicted octanol–water partition coefficient (Wildman–Crippen LogP) is 5.60. The van der Waals surface area contributed by atoms with Gasteiger partial charge in [-0.05, 0) is 74.0 Å². The number of ether oxygens (including phenoxy) is 1. The summed E-state index contributed by atoms with van der Waals surface area (Å²) in [7, 11) is 0. The topological polar surface area (TPSA) is 26.3 Å². The molecule has 142 valence electrons. The number of rotatable bonds is 1. The van der Waals surface area contributed by atoms with Gasteiger partial charge in [0.15, 0.2) is 0 Å². The second kappa shape index (κ2) is 5.66. The summed E-state index contributed by atoms with van der Waals surface area (Å²) in [4.78, 5) is 11.5. The van der Waals surface area contributed by atoms with E-state index in [2.05, 4.69) is 13.8 Å². The molecule has 4 saturated carbocycles. The zero-order valence-corrected chi connectivity index (χ0v) is 15.8. The third-order valence-electron chi connectivity index (χ3n) is 8.86. The van der Waals surface area contributed by atoms with Crippen molar-refractivity contribution in [2.75, 3.05) is 0 Å². The summed E-state index contributed by atoms with van der Waals surface area (Å²) in [5, 5.41) is 0. The van der Waals surface area contributed by atoms with Gasteiger partial charge in [0.05, 0.1) is 0 Å². The third-order valence-corrected chi connectivity index (χ3v) is 8.86. The van der Waals surface area contributed by atoms with E-state index in [4.69, 9.17) is 4.74 Å². The van der Waals surface area contributed by atoms with Gasteiger partial charge >= 0.3 is 5.97 Å². The Labute approximate surface area is 150 Å². The second-order valence-electron chi connectivity index (χ2n) is 9.94. The average molecular weight is 354 g/mol. The molecule has 0 aliphatic heterocycles. The van der Waals surface area contributed by atoms with Crippen molar-refractivity contribution < 1.29 is 18.3 Å². The number of alkyl halides is 2. The fourth-order valence-corrected chi connectivity index (χ4v) is 7.52. The number of esters is 1. The van der Waals surface area contributed by atoms with Crippen molar-refractivity contribution in [1.29, 1.82) is 0 Å². The molecule has 0 aromatic rings. The van der Waals surface area contributed by atoms with Gasteiger partial charge < -0.3 is 4.74 Å². The lowest BCUT2D eigenvalue weighted by atomic mass is 9.45. The molecule has 0 bridgehead atoms. The molecule has 2 nitrogen and oxygen atoms in total. The molecule has 4 aliphatic carbocycles. The van der Waals surface area contributed by atoms with Crippen LogP contribution < -0.4 is 0 Å². The minimum absolute atomic E-state index is 0.0529. The van der Waals surface area contributed by atoms with Crippen LogP contribution in [-0.4, -0.2) is 18.0 Å². The first kappa shape index (κ1) is 17.7. The Morgan fingerprint density at radius 3 is 2.36 bits per heavy atom. The molecule has 0 aromatic carbocycles. The van der Waals surface area contributed by atoms with Gasteiger partial charge in [-0.2, -0.15) is 0 Å². The van der Waals surface area contributed by atoms with Crippen molar-refractivity contribution in [3.8, 4) is 0 Å². The summed E-state index contributed by atoms with van der Waals surface area (Å²) in [6.45, 7) is 6.14. The lowest BCUT2D eigenvalue weighted by Gasteiger charge is -2.60. The Kier molecular flexibility index (Phi) is 4.01. The summed E-state index contributed by atoms with van der Waals surface area (Å²) in [6.07, 6.45) is 7.26. The number of carbonyl (C=O) groups excluding carboxylic acids is 1. The van der Waals surface area contributed by atoms with E-state index >= 15 is 0 Å². The Balaban J connectivity index is 1.57. The minimum atomic E-state index is -2.45. The van der Waals surface area contributed by atoms with E-state index in [0.29, 0.717) is 24.2 Å². The summed E-state index contributed by atoms with van der Waals surface area (Å²) in [5.41, 5.74) is 0.181. The van der Waals surface area contributed by atoms with E-state index in [1.165, 1.54) is 6.92 Å². The Hall–Kier alpha value is -0.670. The van der Waals surface area contributed by atoms with Crippen LogP contribution in [0.2, 0.25) is 0 Å². The van der Waals surface area contributed by atoms with Crippen LogP contribution in [0.5, 0.6) is 0 Å². The van der Waals surface area contributed by atoms with Gasteiger partial charge in [-0.3, -0.25) is 4.79 Å². The van der Waals surface area contributed by atoms with E-state index in [1.54, 1.807) is 0 Å². The number of hydrogen-bond donors (Lipinski definition) is 0. The third kappa shape index (κ3) is 2.65. The van der Waals surface area contributed by atoms with Crippen molar-refractivity contribution in [1.82, 2.24) is 0 Å². The van der Waals surface area contributed by atoms with Crippen LogP contribution in [0.4, 0.5) is 8.78 Å². The molecule has 7 atom stereocenters. The van der Waals surface area contributed by atoms with E-state index in [0.717, 1.165) is 38.5 Å². The molecular formula is C21H32F2O2. The molecule has 4 fully saturated rings. The predicted molar refractivity (Wildman–Crippen MR) is 92.2 cm³/mol. The molecule has 4 aliphatic rings. The zero-order chi connectivity index (χ0) is 18.0. The van der Waals surface area contributed by atoms with Crippen molar-refractivity contribution in [2.24, 2.45) is 34.5 Å².